The number of benzene rings is 2. The van der Waals surface area contributed by atoms with Crippen molar-refractivity contribution in [2.24, 2.45) is 0 Å². The highest BCUT2D eigenvalue weighted by Gasteiger charge is 2.04. The van der Waals surface area contributed by atoms with Gasteiger partial charge in [0.05, 0.1) is 17.4 Å². The van der Waals surface area contributed by atoms with Crippen molar-refractivity contribution < 1.29 is 5.11 Å². The fourth-order valence-electron chi connectivity index (χ4n) is 2.93. The second-order valence-electron chi connectivity index (χ2n) is 6.34. The molecule has 0 aliphatic carbocycles. The third-order valence-corrected chi connectivity index (χ3v) is 4.40. The minimum absolute atomic E-state index is 0.331. The van der Waals surface area contributed by atoms with Crippen molar-refractivity contribution in [1.82, 2.24) is 14.9 Å². The molecular formula is C20H25N3O. The number of phenolic OH excluding ortho intramolecular Hbond substituents is 1. The molecule has 0 aliphatic heterocycles. The van der Waals surface area contributed by atoms with Gasteiger partial charge in [-0.3, -0.25) is 0 Å². The monoisotopic (exact) mass is 323 g/mol. The molecule has 126 valence electrons. The fraction of sp³-hybridized carbons (Fsp3) is 0.350. The molecule has 1 aromatic heterocycles. The average molecular weight is 323 g/mol. The number of nitrogens with zero attached hydrogens (tertiary/aromatic N) is 2. The maximum absolute atomic E-state index is 9.30. The Hall–Kier alpha value is -2.33. The van der Waals surface area contributed by atoms with E-state index in [1.54, 1.807) is 12.1 Å². The summed E-state index contributed by atoms with van der Waals surface area (Å²) in [5, 5.41) is 12.9. The topological polar surface area (TPSA) is 50.1 Å². The second-order valence-corrected chi connectivity index (χ2v) is 6.34. The van der Waals surface area contributed by atoms with Gasteiger partial charge >= 0.3 is 0 Å². The largest absolute Gasteiger partial charge is 0.508 e. The number of aromatic nitrogens is 2. The zero-order valence-electron chi connectivity index (χ0n) is 14.2. The number of rotatable bonds is 8. The molecule has 4 heteroatoms. The number of nitrogens with one attached hydrogen (secondary N) is 1. The number of fused-ring (bicyclic) bond motifs is 1. The highest BCUT2D eigenvalue weighted by Crippen LogP contribution is 2.13. The van der Waals surface area contributed by atoms with E-state index in [0.29, 0.717) is 11.8 Å². The van der Waals surface area contributed by atoms with Crippen LogP contribution in [0.2, 0.25) is 0 Å². The molecule has 0 radical (unpaired) electrons. The molecule has 0 spiro atoms. The molecule has 0 amide bonds. The van der Waals surface area contributed by atoms with Gasteiger partial charge < -0.3 is 15.0 Å². The average Bonchev–Trinajstić information content (AvgIpc) is 3.01. The molecule has 0 saturated heterocycles. The van der Waals surface area contributed by atoms with Crippen LogP contribution in [0.5, 0.6) is 5.75 Å². The van der Waals surface area contributed by atoms with Crippen LogP contribution in [0.15, 0.2) is 54.9 Å². The zero-order valence-corrected chi connectivity index (χ0v) is 14.2. The van der Waals surface area contributed by atoms with Gasteiger partial charge in [0.25, 0.3) is 0 Å². The van der Waals surface area contributed by atoms with Gasteiger partial charge in [-0.15, -0.1) is 0 Å². The van der Waals surface area contributed by atoms with Crippen LogP contribution in [-0.4, -0.2) is 27.2 Å². The van der Waals surface area contributed by atoms with Crippen LogP contribution in [0.4, 0.5) is 0 Å². The molecule has 0 saturated carbocycles. The third-order valence-electron chi connectivity index (χ3n) is 4.40. The van der Waals surface area contributed by atoms with Crippen molar-refractivity contribution >= 4 is 11.0 Å². The van der Waals surface area contributed by atoms with Crippen molar-refractivity contribution in [3.05, 3.63) is 60.4 Å². The first-order valence-electron chi connectivity index (χ1n) is 8.63. The molecule has 0 fully saturated rings. The van der Waals surface area contributed by atoms with Crippen molar-refractivity contribution in [3.8, 4) is 5.75 Å². The van der Waals surface area contributed by atoms with Crippen LogP contribution in [0.3, 0.4) is 0 Å². The number of aromatic hydroxyl groups is 1. The molecule has 3 aromatic rings. The highest BCUT2D eigenvalue weighted by atomic mass is 16.3. The Morgan fingerprint density at radius 2 is 1.92 bits per heavy atom. The lowest BCUT2D eigenvalue weighted by Gasteiger charge is -2.14. The Bertz CT molecular complexity index is 764. The molecular weight excluding hydrogens is 298 g/mol. The first kappa shape index (κ1) is 16.5. The van der Waals surface area contributed by atoms with E-state index in [1.807, 2.05) is 24.5 Å². The summed E-state index contributed by atoms with van der Waals surface area (Å²) in [6.07, 6.45) is 5.14. The number of para-hydroxylation sites is 2. The maximum Gasteiger partial charge on any atom is 0.115 e. The lowest BCUT2D eigenvalue weighted by molar-refractivity contribution is 0.474. The standard InChI is InChI=1S/C20H25N3O/c1-16(7-8-17-9-11-18(24)12-10-17)21-13-4-14-23-15-22-19-5-2-3-6-20(19)23/h2-3,5-6,9-12,15-16,21,24H,4,7-8,13-14H2,1H3. The van der Waals surface area contributed by atoms with Gasteiger partial charge in [0, 0.05) is 12.6 Å². The normalized spacial score (nSPS) is 12.5. The summed E-state index contributed by atoms with van der Waals surface area (Å²) in [5.41, 5.74) is 3.54. The van der Waals surface area contributed by atoms with E-state index in [0.717, 1.165) is 37.9 Å². The Kier molecular flexibility index (Phi) is 5.49. The van der Waals surface area contributed by atoms with Crippen LogP contribution < -0.4 is 5.32 Å². The summed E-state index contributed by atoms with van der Waals surface area (Å²) in [5.74, 6) is 0.331. The lowest BCUT2D eigenvalue weighted by atomic mass is 10.1. The van der Waals surface area contributed by atoms with Gasteiger partial charge in [0.15, 0.2) is 0 Å². The molecule has 2 N–H and O–H groups in total. The number of phenols is 1. The minimum atomic E-state index is 0.331. The van der Waals surface area contributed by atoms with E-state index in [2.05, 4.69) is 40.0 Å². The van der Waals surface area contributed by atoms with E-state index < -0.39 is 0 Å². The summed E-state index contributed by atoms with van der Waals surface area (Å²) in [7, 11) is 0. The summed E-state index contributed by atoms with van der Waals surface area (Å²) < 4.78 is 2.22. The number of imidazole rings is 1. The first-order chi connectivity index (χ1) is 11.7. The van der Waals surface area contributed by atoms with Gasteiger partial charge in [-0.05, 0) is 62.6 Å². The van der Waals surface area contributed by atoms with Crippen LogP contribution in [0.1, 0.15) is 25.3 Å². The Morgan fingerprint density at radius 1 is 1.12 bits per heavy atom. The Labute approximate surface area is 143 Å². The molecule has 24 heavy (non-hydrogen) atoms. The van der Waals surface area contributed by atoms with E-state index >= 15 is 0 Å². The summed E-state index contributed by atoms with van der Waals surface area (Å²) in [4.78, 5) is 4.43. The van der Waals surface area contributed by atoms with Crippen molar-refractivity contribution in [3.63, 3.8) is 0 Å². The van der Waals surface area contributed by atoms with E-state index in [1.165, 1.54) is 11.1 Å². The summed E-state index contributed by atoms with van der Waals surface area (Å²) in [6.45, 7) is 4.22. The molecule has 0 bridgehead atoms. The molecule has 3 rings (SSSR count). The van der Waals surface area contributed by atoms with Gasteiger partial charge in [0.2, 0.25) is 0 Å². The van der Waals surface area contributed by atoms with E-state index in [9.17, 15) is 5.11 Å². The van der Waals surface area contributed by atoms with Gasteiger partial charge in [0.1, 0.15) is 5.75 Å². The zero-order chi connectivity index (χ0) is 16.8. The number of aryl methyl sites for hydroxylation is 2. The lowest BCUT2D eigenvalue weighted by Crippen LogP contribution is -2.28. The van der Waals surface area contributed by atoms with Crippen LogP contribution in [-0.2, 0) is 13.0 Å². The molecule has 1 unspecified atom stereocenters. The minimum Gasteiger partial charge on any atom is -0.508 e. The van der Waals surface area contributed by atoms with E-state index in [-0.39, 0.29) is 0 Å². The van der Waals surface area contributed by atoms with Crippen LogP contribution in [0, 0.1) is 0 Å². The highest BCUT2D eigenvalue weighted by molar-refractivity contribution is 5.74. The SMILES string of the molecule is CC(CCc1ccc(O)cc1)NCCCn1cnc2ccccc21. The predicted molar refractivity (Wildman–Crippen MR) is 98.2 cm³/mol. The molecule has 1 heterocycles. The van der Waals surface area contributed by atoms with Gasteiger partial charge in [-0.25, -0.2) is 4.98 Å². The van der Waals surface area contributed by atoms with Crippen LogP contribution in [0.25, 0.3) is 11.0 Å². The van der Waals surface area contributed by atoms with Crippen molar-refractivity contribution in [1.29, 1.82) is 0 Å². The van der Waals surface area contributed by atoms with Gasteiger partial charge in [-0.1, -0.05) is 24.3 Å². The predicted octanol–water partition coefficient (Wildman–Crippen LogP) is 3.74. The fourth-order valence-corrected chi connectivity index (χ4v) is 2.93. The second kappa shape index (κ2) is 7.97. The molecule has 0 aliphatic rings. The summed E-state index contributed by atoms with van der Waals surface area (Å²) >= 11 is 0. The molecule has 1 atom stereocenters. The number of hydrogen-bond donors (Lipinski definition) is 2. The number of hydrogen-bond acceptors (Lipinski definition) is 3. The Balaban J connectivity index is 1.37. The van der Waals surface area contributed by atoms with Crippen molar-refractivity contribution in [2.45, 2.75) is 38.8 Å². The molecule has 2 aromatic carbocycles. The van der Waals surface area contributed by atoms with Gasteiger partial charge in [-0.2, -0.15) is 0 Å². The van der Waals surface area contributed by atoms with Crippen LogP contribution >= 0.6 is 0 Å². The third kappa shape index (κ3) is 4.36. The summed E-state index contributed by atoms with van der Waals surface area (Å²) in [6, 6.07) is 16.2. The smallest absolute Gasteiger partial charge is 0.115 e. The molecule has 4 nitrogen and oxygen atoms in total. The Morgan fingerprint density at radius 3 is 2.75 bits per heavy atom. The quantitative estimate of drug-likeness (QED) is 0.621. The first-order valence-corrected chi connectivity index (χ1v) is 8.63. The maximum atomic E-state index is 9.30. The van der Waals surface area contributed by atoms with E-state index in [4.69, 9.17) is 0 Å². The van der Waals surface area contributed by atoms with Crippen molar-refractivity contribution in [2.75, 3.05) is 6.54 Å².